The minimum absolute atomic E-state index is 0.717. The number of hydrogen-bond acceptors (Lipinski definition) is 5. The van der Waals surface area contributed by atoms with E-state index in [4.69, 9.17) is 9.97 Å². The van der Waals surface area contributed by atoms with Gasteiger partial charge >= 0.3 is 5.82 Å². The first-order valence-corrected chi connectivity index (χ1v) is 9.59. The lowest BCUT2D eigenvalue weighted by Gasteiger charge is -2.05. The van der Waals surface area contributed by atoms with Crippen LogP contribution < -0.4 is 4.57 Å². The first kappa shape index (κ1) is 16.6. The fourth-order valence-electron chi connectivity index (χ4n) is 3.54. The molecule has 0 spiro atoms. The van der Waals surface area contributed by atoms with Gasteiger partial charge in [-0.15, -0.1) is 0 Å². The van der Waals surface area contributed by atoms with E-state index in [0.29, 0.717) is 0 Å². The van der Waals surface area contributed by atoms with Crippen LogP contribution in [-0.4, -0.2) is 24.9 Å². The molecule has 0 saturated heterocycles. The summed E-state index contributed by atoms with van der Waals surface area (Å²) in [6, 6.07) is 19.9. The van der Waals surface area contributed by atoms with Crippen LogP contribution in [0.5, 0.6) is 0 Å². The van der Waals surface area contributed by atoms with Crippen molar-refractivity contribution in [1.29, 1.82) is 0 Å². The molecule has 0 saturated carbocycles. The first-order chi connectivity index (χ1) is 14.8. The van der Waals surface area contributed by atoms with Crippen molar-refractivity contribution >= 4 is 32.8 Å². The van der Waals surface area contributed by atoms with E-state index in [1.165, 1.54) is 0 Å². The molecule has 140 valence electrons. The number of fused-ring (bicyclic) bond motifs is 3. The molecule has 0 N–H and O–H groups in total. The van der Waals surface area contributed by atoms with Crippen molar-refractivity contribution in [3.05, 3.63) is 91.6 Å². The van der Waals surface area contributed by atoms with Crippen molar-refractivity contribution < 1.29 is 4.57 Å². The summed E-state index contributed by atoms with van der Waals surface area (Å²) in [7, 11) is 0. The van der Waals surface area contributed by atoms with Crippen LogP contribution in [0.2, 0.25) is 0 Å². The Morgan fingerprint density at radius 1 is 0.633 bits per heavy atom. The Morgan fingerprint density at radius 3 is 2.47 bits per heavy atom. The van der Waals surface area contributed by atoms with Crippen molar-refractivity contribution in [2.45, 2.75) is 0 Å². The van der Waals surface area contributed by atoms with Gasteiger partial charge in [0.25, 0.3) is 0 Å². The molecule has 6 aromatic rings. The molecule has 0 aliphatic carbocycles. The summed E-state index contributed by atoms with van der Waals surface area (Å²) in [4.78, 5) is 22.8. The molecule has 6 heteroatoms. The second kappa shape index (κ2) is 6.63. The Balaban J connectivity index is 1.46. The Labute approximate surface area is 171 Å². The molecular formula is C24H15N6+. The molecule has 0 aliphatic heterocycles. The van der Waals surface area contributed by atoms with E-state index >= 15 is 0 Å². The molecule has 0 fully saturated rings. The van der Waals surface area contributed by atoms with Gasteiger partial charge in [-0.25, -0.2) is 19.5 Å². The molecule has 30 heavy (non-hydrogen) atoms. The smallest absolute Gasteiger partial charge is 0.264 e. The maximum Gasteiger partial charge on any atom is 0.328 e. The molecule has 0 atom stereocenters. The lowest BCUT2D eigenvalue weighted by atomic mass is 10.2. The Bertz CT molecular complexity index is 1450. The Morgan fingerprint density at radius 2 is 1.50 bits per heavy atom. The molecule has 6 rings (SSSR count). The SMILES string of the molecule is c1cnc2nc(-c3ccc4cc[n+](-c5ccc6cnccc6n5)cc4n3)ccc2c1. The third kappa shape index (κ3) is 2.82. The molecule has 6 aromatic heterocycles. The van der Waals surface area contributed by atoms with Crippen LogP contribution in [0.25, 0.3) is 50.0 Å². The van der Waals surface area contributed by atoms with E-state index in [9.17, 15) is 0 Å². The maximum atomic E-state index is 4.85. The normalized spacial score (nSPS) is 11.3. The summed E-state index contributed by atoms with van der Waals surface area (Å²) < 4.78 is 1.98. The Hall–Kier alpha value is -4.32. The van der Waals surface area contributed by atoms with Crippen molar-refractivity contribution in [2.24, 2.45) is 0 Å². The molecular weight excluding hydrogens is 372 g/mol. The van der Waals surface area contributed by atoms with Crippen LogP contribution >= 0.6 is 0 Å². The standard InChI is InChI=1S/C24H15N6/c1-2-17-4-7-21(29-24(17)26-11-1)20-6-3-16-10-13-30(15-22(16)27-20)23-8-5-18-14-25-12-9-19(18)28-23/h1-15H/q+1. The van der Waals surface area contributed by atoms with Crippen molar-refractivity contribution in [3.8, 4) is 17.2 Å². The fourth-order valence-corrected chi connectivity index (χ4v) is 3.54. The van der Waals surface area contributed by atoms with Crippen molar-refractivity contribution in [2.75, 3.05) is 0 Å². The second-order valence-electron chi connectivity index (χ2n) is 7.01. The predicted molar refractivity (Wildman–Crippen MR) is 115 cm³/mol. The number of aromatic nitrogens is 6. The topological polar surface area (TPSA) is 68.3 Å². The van der Waals surface area contributed by atoms with E-state index in [-0.39, 0.29) is 0 Å². The molecule has 6 heterocycles. The van der Waals surface area contributed by atoms with E-state index in [1.807, 2.05) is 77.8 Å². The maximum absolute atomic E-state index is 4.85. The summed E-state index contributed by atoms with van der Waals surface area (Å²) in [6.45, 7) is 0. The van der Waals surface area contributed by atoms with Crippen LogP contribution in [0.15, 0.2) is 91.6 Å². The molecule has 0 aromatic carbocycles. The van der Waals surface area contributed by atoms with Crippen LogP contribution in [0, 0.1) is 0 Å². The van der Waals surface area contributed by atoms with Crippen LogP contribution in [-0.2, 0) is 0 Å². The zero-order valence-electron chi connectivity index (χ0n) is 15.8. The minimum Gasteiger partial charge on any atom is -0.264 e. The van der Waals surface area contributed by atoms with Gasteiger partial charge in [-0.3, -0.25) is 4.98 Å². The number of hydrogen-bond donors (Lipinski definition) is 0. The van der Waals surface area contributed by atoms with Crippen molar-refractivity contribution in [3.63, 3.8) is 0 Å². The molecule has 0 bridgehead atoms. The highest BCUT2D eigenvalue weighted by atomic mass is 15.0. The number of pyridine rings is 6. The quantitative estimate of drug-likeness (QED) is 0.419. The number of rotatable bonds is 2. The monoisotopic (exact) mass is 387 g/mol. The Kier molecular flexibility index (Phi) is 3.67. The highest BCUT2D eigenvalue weighted by molar-refractivity contribution is 5.82. The van der Waals surface area contributed by atoms with Gasteiger partial charge < -0.3 is 0 Å². The lowest BCUT2D eigenvalue weighted by molar-refractivity contribution is -0.598. The lowest BCUT2D eigenvalue weighted by Crippen LogP contribution is -2.30. The van der Waals surface area contributed by atoms with E-state index < -0.39 is 0 Å². The fraction of sp³-hybridized carbons (Fsp3) is 0. The van der Waals surface area contributed by atoms with Gasteiger partial charge in [-0.1, -0.05) is 6.07 Å². The second-order valence-corrected chi connectivity index (χ2v) is 7.01. The zero-order chi connectivity index (χ0) is 19.9. The van der Waals surface area contributed by atoms with Gasteiger partial charge in [0.05, 0.1) is 17.6 Å². The highest BCUT2D eigenvalue weighted by Crippen LogP contribution is 2.21. The molecule has 0 aliphatic rings. The average Bonchev–Trinajstić information content (AvgIpc) is 2.82. The summed E-state index contributed by atoms with van der Waals surface area (Å²) in [6.07, 6.45) is 9.31. The summed E-state index contributed by atoms with van der Waals surface area (Å²) in [5, 5.41) is 3.08. The number of nitrogens with zero attached hydrogens (tertiary/aromatic N) is 6. The third-order valence-electron chi connectivity index (χ3n) is 5.10. The summed E-state index contributed by atoms with van der Waals surface area (Å²) in [5.41, 5.74) is 4.11. The van der Waals surface area contributed by atoms with Gasteiger partial charge in [-0.2, -0.15) is 0 Å². The van der Waals surface area contributed by atoms with Crippen molar-refractivity contribution in [1.82, 2.24) is 24.9 Å². The van der Waals surface area contributed by atoms with E-state index in [2.05, 4.69) is 21.0 Å². The first-order valence-electron chi connectivity index (χ1n) is 9.59. The van der Waals surface area contributed by atoms with E-state index in [1.54, 1.807) is 12.4 Å². The molecule has 0 unspecified atom stereocenters. The summed E-state index contributed by atoms with van der Waals surface area (Å²) >= 11 is 0. The highest BCUT2D eigenvalue weighted by Gasteiger charge is 2.12. The molecule has 0 radical (unpaired) electrons. The van der Waals surface area contributed by atoms with Gasteiger partial charge in [-0.05, 0) is 47.4 Å². The van der Waals surface area contributed by atoms with Gasteiger partial charge in [0.2, 0.25) is 0 Å². The average molecular weight is 387 g/mol. The van der Waals surface area contributed by atoms with Crippen LogP contribution in [0.3, 0.4) is 0 Å². The summed E-state index contributed by atoms with van der Waals surface area (Å²) in [5.74, 6) is 0.829. The largest absolute Gasteiger partial charge is 0.328 e. The molecule has 0 amide bonds. The minimum atomic E-state index is 0.717. The third-order valence-corrected chi connectivity index (χ3v) is 5.10. The van der Waals surface area contributed by atoms with Gasteiger partial charge in [0.15, 0.2) is 11.2 Å². The van der Waals surface area contributed by atoms with Crippen LogP contribution in [0.1, 0.15) is 0 Å². The molecule has 6 nitrogen and oxygen atoms in total. The van der Waals surface area contributed by atoms with Gasteiger partial charge in [0.1, 0.15) is 11.7 Å². The van der Waals surface area contributed by atoms with E-state index in [0.717, 1.165) is 50.0 Å². The predicted octanol–water partition coefficient (Wildman–Crippen LogP) is 4.06. The zero-order valence-corrected chi connectivity index (χ0v) is 15.8. The van der Waals surface area contributed by atoms with Crippen LogP contribution in [0.4, 0.5) is 0 Å². The van der Waals surface area contributed by atoms with Gasteiger partial charge in [0, 0.05) is 46.9 Å².